The van der Waals surface area contributed by atoms with E-state index in [-0.39, 0.29) is 5.91 Å². The number of hydrogen-bond donors (Lipinski definition) is 1. The van der Waals surface area contributed by atoms with Crippen LogP contribution in [0.2, 0.25) is 0 Å². The van der Waals surface area contributed by atoms with Crippen LogP contribution < -0.4 is 10.2 Å². The van der Waals surface area contributed by atoms with E-state index >= 15 is 0 Å². The zero-order valence-corrected chi connectivity index (χ0v) is 12.3. The summed E-state index contributed by atoms with van der Waals surface area (Å²) in [5, 5.41) is 3.91. The van der Waals surface area contributed by atoms with E-state index in [1.807, 2.05) is 18.2 Å². The van der Waals surface area contributed by atoms with E-state index in [1.165, 1.54) is 0 Å². The average Bonchev–Trinajstić information content (AvgIpc) is 2.48. The molecule has 0 spiro atoms. The molecule has 1 heterocycles. The number of hydrogen-bond acceptors (Lipinski definition) is 4. The third kappa shape index (κ3) is 3.64. The van der Waals surface area contributed by atoms with Gasteiger partial charge in [0, 0.05) is 18.0 Å². The fourth-order valence-electron chi connectivity index (χ4n) is 1.50. The molecule has 0 saturated carbocycles. The summed E-state index contributed by atoms with van der Waals surface area (Å²) in [5.74, 6) is 0.458. The largest absolute Gasteiger partial charge is 0.496 e. The molecule has 0 saturated heterocycles. The Hall–Kier alpha value is -2.21. The van der Waals surface area contributed by atoms with Crippen molar-refractivity contribution < 1.29 is 9.53 Å². The first-order chi connectivity index (χ1) is 9.70. The van der Waals surface area contributed by atoms with E-state index in [1.54, 1.807) is 37.9 Å². The molecule has 1 aromatic heterocycles. The van der Waals surface area contributed by atoms with E-state index in [2.05, 4.69) is 31.4 Å². The predicted octanol–water partition coefficient (Wildman–Crippen LogP) is 2.62. The molecular formula is C14H12BrN3O2. The maximum Gasteiger partial charge on any atom is 0.271 e. The molecule has 1 N–H and O–H groups in total. The molecule has 5 nitrogen and oxygen atoms in total. The minimum Gasteiger partial charge on any atom is -0.496 e. The number of amides is 1. The zero-order chi connectivity index (χ0) is 14.4. The lowest BCUT2D eigenvalue weighted by molar-refractivity contribution is 0.0955. The van der Waals surface area contributed by atoms with Gasteiger partial charge in [0.2, 0.25) is 0 Å². The number of rotatable bonds is 4. The summed E-state index contributed by atoms with van der Waals surface area (Å²) in [4.78, 5) is 15.6. The SMILES string of the molecule is COc1ccc(C=NNC(=O)c2ccncc2)cc1Br. The van der Waals surface area contributed by atoms with E-state index in [4.69, 9.17) is 4.74 Å². The Bertz CT molecular complexity index is 630. The molecule has 0 bridgehead atoms. The van der Waals surface area contributed by atoms with Crippen LogP contribution in [-0.4, -0.2) is 24.2 Å². The van der Waals surface area contributed by atoms with Crippen LogP contribution in [-0.2, 0) is 0 Å². The fraction of sp³-hybridized carbons (Fsp3) is 0.0714. The Morgan fingerprint density at radius 1 is 1.35 bits per heavy atom. The Kier molecular flexibility index (Phi) is 4.84. The molecule has 2 rings (SSSR count). The molecule has 6 heteroatoms. The van der Waals surface area contributed by atoms with Crippen LogP contribution in [0.1, 0.15) is 15.9 Å². The summed E-state index contributed by atoms with van der Waals surface area (Å²) in [7, 11) is 1.60. The summed E-state index contributed by atoms with van der Waals surface area (Å²) in [6.45, 7) is 0. The van der Waals surface area contributed by atoms with Gasteiger partial charge < -0.3 is 4.74 Å². The smallest absolute Gasteiger partial charge is 0.271 e. The second-order valence-corrected chi connectivity index (χ2v) is 4.68. The average molecular weight is 334 g/mol. The van der Waals surface area contributed by atoms with Crippen LogP contribution in [0, 0.1) is 0 Å². The van der Waals surface area contributed by atoms with Gasteiger partial charge in [0.15, 0.2) is 0 Å². The highest BCUT2D eigenvalue weighted by atomic mass is 79.9. The second kappa shape index (κ2) is 6.81. The number of nitrogens with one attached hydrogen (secondary N) is 1. The van der Waals surface area contributed by atoms with Crippen molar-refractivity contribution in [3.63, 3.8) is 0 Å². The van der Waals surface area contributed by atoms with Gasteiger partial charge in [-0.25, -0.2) is 5.43 Å². The van der Waals surface area contributed by atoms with Gasteiger partial charge in [0.1, 0.15) is 5.75 Å². The summed E-state index contributed by atoms with van der Waals surface area (Å²) in [5.41, 5.74) is 3.80. The second-order valence-electron chi connectivity index (χ2n) is 3.83. The zero-order valence-electron chi connectivity index (χ0n) is 10.7. The van der Waals surface area contributed by atoms with E-state index in [0.717, 1.165) is 15.8 Å². The number of ether oxygens (including phenoxy) is 1. The first-order valence-corrected chi connectivity index (χ1v) is 6.57. The predicted molar refractivity (Wildman–Crippen MR) is 80.0 cm³/mol. The van der Waals surface area contributed by atoms with Crippen molar-refractivity contribution in [2.75, 3.05) is 7.11 Å². The lowest BCUT2D eigenvalue weighted by Crippen LogP contribution is -2.17. The van der Waals surface area contributed by atoms with Crippen LogP contribution in [0.3, 0.4) is 0 Å². The summed E-state index contributed by atoms with van der Waals surface area (Å²) in [6, 6.07) is 8.74. The van der Waals surface area contributed by atoms with Gasteiger partial charge in [-0.2, -0.15) is 5.10 Å². The topological polar surface area (TPSA) is 63.6 Å². The third-order valence-corrected chi connectivity index (χ3v) is 3.12. The highest BCUT2D eigenvalue weighted by Gasteiger charge is 2.02. The highest BCUT2D eigenvalue weighted by molar-refractivity contribution is 9.10. The van der Waals surface area contributed by atoms with Gasteiger partial charge in [-0.1, -0.05) is 0 Å². The number of nitrogens with zero attached hydrogens (tertiary/aromatic N) is 2. The van der Waals surface area contributed by atoms with Crippen molar-refractivity contribution in [3.8, 4) is 5.75 Å². The molecule has 0 unspecified atom stereocenters. The highest BCUT2D eigenvalue weighted by Crippen LogP contribution is 2.24. The molecule has 0 aliphatic carbocycles. The number of carbonyl (C=O) groups is 1. The van der Waals surface area contributed by atoms with Crippen LogP contribution >= 0.6 is 15.9 Å². The first kappa shape index (κ1) is 14.2. The normalized spacial score (nSPS) is 10.5. The molecule has 102 valence electrons. The number of aromatic nitrogens is 1. The molecule has 2 aromatic rings. The van der Waals surface area contributed by atoms with E-state index in [0.29, 0.717) is 5.56 Å². The molecule has 1 amide bonds. The lowest BCUT2D eigenvalue weighted by Gasteiger charge is -2.03. The van der Waals surface area contributed by atoms with Crippen molar-refractivity contribution in [1.82, 2.24) is 10.4 Å². The van der Waals surface area contributed by atoms with Crippen molar-refractivity contribution in [3.05, 3.63) is 58.3 Å². The van der Waals surface area contributed by atoms with Gasteiger partial charge in [0.25, 0.3) is 5.91 Å². The molecule has 0 aliphatic rings. The Morgan fingerprint density at radius 3 is 2.75 bits per heavy atom. The first-order valence-electron chi connectivity index (χ1n) is 5.77. The maximum absolute atomic E-state index is 11.7. The minimum atomic E-state index is -0.281. The van der Waals surface area contributed by atoms with Gasteiger partial charge >= 0.3 is 0 Å². The van der Waals surface area contributed by atoms with E-state index < -0.39 is 0 Å². The van der Waals surface area contributed by atoms with Crippen LogP contribution in [0.4, 0.5) is 0 Å². The van der Waals surface area contributed by atoms with E-state index in [9.17, 15) is 4.79 Å². The Balaban J connectivity index is 2.00. The van der Waals surface area contributed by atoms with Crippen LogP contribution in [0.25, 0.3) is 0 Å². The lowest BCUT2D eigenvalue weighted by atomic mass is 10.2. The van der Waals surface area contributed by atoms with Gasteiger partial charge in [-0.05, 0) is 51.8 Å². The quantitative estimate of drug-likeness (QED) is 0.691. The molecule has 1 aromatic carbocycles. The Labute approximate surface area is 124 Å². The summed E-state index contributed by atoms with van der Waals surface area (Å²) in [6.07, 6.45) is 4.67. The molecule has 0 fully saturated rings. The standard InChI is InChI=1S/C14H12BrN3O2/c1-20-13-3-2-10(8-12(13)15)9-17-18-14(19)11-4-6-16-7-5-11/h2-9H,1H3,(H,18,19). The minimum absolute atomic E-state index is 0.281. The van der Waals surface area contributed by atoms with Gasteiger partial charge in [-0.15, -0.1) is 0 Å². The number of methoxy groups -OCH3 is 1. The molecular weight excluding hydrogens is 322 g/mol. The fourth-order valence-corrected chi connectivity index (χ4v) is 2.05. The third-order valence-electron chi connectivity index (χ3n) is 2.50. The van der Waals surface area contributed by atoms with Gasteiger partial charge in [0.05, 0.1) is 17.8 Å². The number of hydrazone groups is 1. The molecule has 0 atom stereocenters. The van der Waals surface area contributed by atoms with Crippen molar-refractivity contribution >= 4 is 28.1 Å². The monoisotopic (exact) mass is 333 g/mol. The van der Waals surface area contributed by atoms with Crippen LogP contribution in [0.5, 0.6) is 5.75 Å². The van der Waals surface area contributed by atoms with Gasteiger partial charge in [-0.3, -0.25) is 9.78 Å². The molecule has 0 aliphatic heterocycles. The number of pyridine rings is 1. The van der Waals surface area contributed by atoms with Crippen molar-refractivity contribution in [2.45, 2.75) is 0 Å². The van der Waals surface area contributed by atoms with Crippen molar-refractivity contribution in [1.29, 1.82) is 0 Å². The Morgan fingerprint density at radius 2 is 2.10 bits per heavy atom. The molecule has 20 heavy (non-hydrogen) atoms. The van der Waals surface area contributed by atoms with Crippen molar-refractivity contribution in [2.24, 2.45) is 5.10 Å². The summed E-state index contributed by atoms with van der Waals surface area (Å²) >= 11 is 3.38. The summed E-state index contributed by atoms with van der Waals surface area (Å²) < 4.78 is 5.96. The molecule has 0 radical (unpaired) electrons. The number of benzene rings is 1. The number of halogens is 1. The number of carbonyl (C=O) groups excluding carboxylic acids is 1. The maximum atomic E-state index is 11.7. The van der Waals surface area contributed by atoms with Crippen LogP contribution in [0.15, 0.2) is 52.3 Å².